The molecule has 0 saturated carbocycles. The quantitative estimate of drug-likeness (QED) is 0.786. The summed E-state index contributed by atoms with van der Waals surface area (Å²) in [5, 5.41) is 3.43. The van der Waals surface area contributed by atoms with Gasteiger partial charge in [-0.2, -0.15) is 0 Å². The van der Waals surface area contributed by atoms with E-state index in [1.54, 1.807) is 0 Å². The molecule has 1 N–H and O–H groups in total. The largest absolute Gasteiger partial charge is 0.379 e. The van der Waals surface area contributed by atoms with Gasteiger partial charge in [0.15, 0.2) is 0 Å². The average molecular weight is 226 g/mol. The van der Waals surface area contributed by atoms with Gasteiger partial charge in [-0.15, -0.1) is 0 Å². The van der Waals surface area contributed by atoms with E-state index < -0.39 is 0 Å². The second-order valence-corrected chi connectivity index (χ2v) is 5.30. The van der Waals surface area contributed by atoms with Crippen molar-refractivity contribution in [2.45, 2.75) is 38.6 Å². The smallest absolute Gasteiger partial charge is 0.0619 e. The SMILES string of the molecule is CC1COCCN1CCCC1CCNCC1. The van der Waals surface area contributed by atoms with Crippen LogP contribution < -0.4 is 5.32 Å². The zero-order valence-corrected chi connectivity index (χ0v) is 10.6. The zero-order chi connectivity index (χ0) is 11.2. The van der Waals surface area contributed by atoms with Gasteiger partial charge in [-0.25, -0.2) is 0 Å². The summed E-state index contributed by atoms with van der Waals surface area (Å²) in [7, 11) is 0. The van der Waals surface area contributed by atoms with Gasteiger partial charge in [-0.3, -0.25) is 4.90 Å². The molecule has 3 heteroatoms. The third-order valence-electron chi connectivity index (χ3n) is 4.02. The molecular weight excluding hydrogens is 200 g/mol. The molecule has 3 nitrogen and oxygen atoms in total. The van der Waals surface area contributed by atoms with Crippen LogP contribution in [0.4, 0.5) is 0 Å². The highest BCUT2D eigenvalue weighted by Crippen LogP contribution is 2.18. The van der Waals surface area contributed by atoms with E-state index >= 15 is 0 Å². The van der Waals surface area contributed by atoms with E-state index in [-0.39, 0.29) is 0 Å². The minimum atomic E-state index is 0.627. The van der Waals surface area contributed by atoms with Gasteiger partial charge < -0.3 is 10.1 Å². The molecule has 2 aliphatic rings. The van der Waals surface area contributed by atoms with Gasteiger partial charge >= 0.3 is 0 Å². The van der Waals surface area contributed by atoms with Crippen molar-refractivity contribution in [2.75, 3.05) is 39.4 Å². The van der Waals surface area contributed by atoms with Gasteiger partial charge in [0.1, 0.15) is 0 Å². The predicted molar refractivity (Wildman–Crippen MR) is 66.7 cm³/mol. The van der Waals surface area contributed by atoms with Gasteiger partial charge in [0.05, 0.1) is 13.2 Å². The highest BCUT2D eigenvalue weighted by molar-refractivity contribution is 4.73. The van der Waals surface area contributed by atoms with Gasteiger partial charge in [-0.1, -0.05) is 0 Å². The lowest BCUT2D eigenvalue weighted by Gasteiger charge is -2.33. The van der Waals surface area contributed by atoms with Crippen LogP contribution in [0.2, 0.25) is 0 Å². The first kappa shape index (κ1) is 12.3. The molecule has 2 heterocycles. The summed E-state index contributed by atoms with van der Waals surface area (Å²) in [5.74, 6) is 0.984. The van der Waals surface area contributed by atoms with Gasteiger partial charge in [-0.05, 0) is 58.2 Å². The van der Waals surface area contributed by atoms with Crippen molar-refractivity contribution in [1.29, 1.82) is 0 Å². The Bertz CT molecular complexity index is 192. The molecule has 0 radical (unpaired) electrons. The van der Waals surface area contributed by atoms with Crippen molar-refractivity contribution in [1.82, 2.24) is 10.2 Å². The molecule has 0 spiro atoms. The van der Waals surface area contributed by atoms with Crippen LogP contribution >= 0.6 is 0 Å². The fraction of sp³-hybridized carbons (Fsp3) is 1.00. The van der Waals surface area contributed by atoms with E-state index in [0.717, 1.165) is 25.7 Å². The third-order valence-corrected chi connectivity index (χ3v) is 4.02. The van der Waals surface area contributed by atoms with Gasteiger partial charge in [0, 0.05) is 12.6 Å². The number of hydrogen-bond acceptors (Lipinski definition) is 3. The van der Waals surface area contributed by atoms with Crippen LogP contribution in [0.25, 0.3) is 0 Å². The van der Waals surface area contributed by atoms with Crippen LogP contribution in [0.3, 0.4) is 0 Å². The lowest BCUT2D eigenvalue weighted by atomic mass is 9.93. The Morgan fingerprint density at radius 3 is 2.88 bits per heavy atom. The summed E-state index contributed by atoms with van der Waals surface area (Å²) >= 11 is 0. The Kier molecular flexibility index (Phi) is 5.07. The molecule has 0 bridgehead atoms. The first-order valence-electron chi connectivity index (χ1n) is 6.89. The van der Waals surface area contributed by atoms with Crippen LogP contribution in [0.5, 0.6) is 0 Å². The normalized spacial score (nSPS) is 29.4. The summed E-state index contributed by atoms with van der Waals surface area (Å²) in [5.41, 5.74) is 0. The summed E-state index contributed by atoms with van der Waals surface area (Å²) in [6, 6.07) is 0.627. The lowest BCUT2D eigenvalue weighted by molar-refractivity contribution is -0.00145. The summed E-state index contributed by atoms with van der Waals surface area (Å²) in [6.07, 6.45) is 5.57. The number of rotatable bonds is 4. The molecule has 0 aromatic rings. The third kappa shape index (κ3) is 3.72. The van der Waals surface area contributed by atoms with E-state index in [2.05, 4.69) is 17.1 Å². The lowest BCUT2D eigenvalue weighted by Crippen LogP contribution is -2.44. The molecule has 16 heavy (non-hydrogen) atoms. The van der Waals surface area contributed by atoms with Crippen LogP contribution in [0, 0.1) is 5.92 Å². The number of piperidine rings is 1. The van der Waals surface area contributed by atoms with Crippen LogP contribution in [0.15, 0.2) is 0 Å². The first-order valence-corrected chi connectivity index (χ1v) is 6.89. The second kappa shape index (κ2) is 6.58. The monoisotopic (exact) mass is 226 g/mol. The van der Waals surface area contributed by atoms with Gasteiger partial charge in [0.25, 0.3) is 0 Å². The molecule has 0 aliphatic carbocycles. The summed E-state index contributed by atoms with van der Waals surface area (Å²) in [6.45, 7) is 9.01. The van der Waals surface area contributed by atoms with E-state index in [9.17, 15) is 0 Å². The maximum atomic E-state index is 5.46. The van der Waals surface area contributed by atoms with Crippen molar-refractivity contribution in [3.8, 4) is 0 Å². The van der Waals surface area contributed by atoms with Gasteiger partial charge in [0.2, 0.25) is 0 Å². The van der Waals surface area contributed by atoms with Crippen molar-refractivity contribution in [3.63, 3.8) is 0 Å². The molecule has 94 valence electrons. The highest BCUT2D eigenvalue weighted by Gasteiger charge is 2.19. The standard InChI is InChI=1S/C13H26N2O/c1-12-11-16-10-9-15(12)8-2-3-13-4-6-14-7-5-13/h12-14H,2-11H2,1H3. The molecule has 1 unspecified atom stereocenters. The molecule has 0 aromatic carbocycles. The van der Waals surface area contributed by atoms with Crippen molar-refractivity contribution < 1.29 is 4.74 Å². The molecule has 0 aromatic heterocycles. The Morgan fingerprint density at radius 2 is 2.12 bits per heavy atom. The predicted octanol–water partition coefficient (Wildman–Crippen LogP) is 1.49. The minimum Gasteiger partial charge on any atom is -0.379 e. The molecule has 2 fully saturated rings. The van der Waals surface area contributed by atoms with Crippen molar-refractivity contribution in [2.24, 2.45) is 5.92 Å². The summed E-state index contributed by atoms with van der Waals surface area (Å²) in [4.78, 5) is 2.59. The number of hydrogen-bond donors (Lipinski definition) is 1. The zero-order valence-electron chi connectivity index (χ0n) is 10.6. The first-order chi connectivity index (χ1) is 7.86. The molecule has 2 aliphatic heterocycles. The number of ether oxygens (including phenoxy) is 1. The van der Waals surface area contributed by atoms with E-state index in [4.69, 9.17) is 4.74 Å². The molecular formula is C13H26N2O. The van der Waals surface area contributed by atoms with Crippen LogP contribution in [-0.4, -0.2) is 50.3 Å². The number of nitrogens with one attached hydrogen (secondary N) is 1. The van der Waals surface area contributed by atoms with Crippen LogP contribution in [0.1, 0.15) is 32.6 Å². The van der Waals surface area contributed by atoms with E-state index in [1.807, 2.05) is 0 Å². The van der Waals surface area contributed by atoms with E-state index in [1.165, 1.54) is 45.3 Å². The highest BCUT2D eigenvalue weighted by atomic mass is 16.5. The van der Waals surface area contributed by atoms with Crippen LogP contribution in [-0.2, 0) is 4.74 Å². The maximum Gasteiger partial charge on any atom is 0.0619 e. The fourth-order valence-electron chi connectivity index (χ4n) is 2.85. The van der Waals surface area contributed by atoms with Crippen molar-refractivity contribution in [3.05, 3.63) is 0 Å². The summed E-state index contributed by atoms with van der Waals surface area (Å²) < 4.78 is 5.46. The Balaban J connectivity index is 1.59. The van der Waals surface area contributed by atoms with Crippen molar-refractivity contribution >= 4 is 0 Å². The Labute approximate surface area is 99.5 Å². The molecule has 2 saturated heterocycles. The Hall–Kier alpha value is -0.120. The molecule has 2 rings (SSSR count). The second-order valence-electron chi connectivity index (χ2n) is 5.30. The fourth-order valence-corrected chi connectivity index (χ4v) is 2.85. The topological polar surface area (TPSA) is 24.5 Å². The minimum absolute atomic E-state index is 0.627. The average Bonchev–Trinajstić information content (AvgIpc) is 2.33. The Morgan fingerprint density at radius 1 is 1.31 bits per heavy atom. The number of morpholine rings is 1. The van der Waals surface area contributed by atoms with E-state index in [0.29, 0.717) is 6.04 Å². The molecule has 0 amide bonds. The maximum absolute atomic E-state index is 5.46. The molecule has 1 atom stereocenters. The number of nitrogens with zero attached hydrogens (tertiary/aromatic N) is 1.